The minimum absolute atomic E-state index is 0.0201. The number of ether oxygens (including phenoxy) is 2. The first-order valence-corrected chi connectivity index (χ1v) is 19.3. The number of carbonyl (C=O) groups excluding carboxylic acids is 2. The molecule has 2 aliphatic heterocycles. The Kier molecular flexibility index (Phi) is 10.4. The number of allylic oxidation sites excluding steroid dienone is 1. The lowest BCUT2D eigenvalue weighted by Gasteiger charge is -2.46. The molecule has 0 unspecified atom stereocenters. The van der Waals surface area contributed by atoms with Crippen LogP contribution in [0.25, 0.3) is 0 Å². The van der Waals surface area contributed by atoms with Crippen LogP contribution in [0.2, 0.25) is 5.02 Å². The van der Waals surface area contributed by atoms with Crippen LogP contribution in [0.5, 0.6) is 5.75 Å². The molecule has 11 heteroatoms. The van der Waals surface area contributed by atoms with Crippen molar-refractivity contribution in [2.24, 2.45) is 11.8 Å². The van der Waals surface area contributed by atoms with Crippen LogP contribution in [-0.2, 0) is 31.4 Å². The van der Waals surface area contributed by atoms with E-state index in [1.807, 2.05) is 25.1 Å². The Balaban J connectivity index is 1.38. The molecule has 1 N–H and O–H groups in total. The monoisotopic (exact) mass is 697 g/mol. The topological polar surface area (TPSA) is 105 Å². The summed E-state index contributed by atoms with van der Waals surface area (Å²) in [6, 6.07) is 11.5. The lowest BCUT2D eigenvalue weighted by atomic mass is 9.68. The summed E-state index contributed by atoms with van der Waals surface area (Å²) < 4.78 is 42.2. The van der Waals surface area contributed by atoms with Crippen molar-refractivity contribution in [1.82, 2.24) is 9.62 Å². The van der Waals surface area contributed by atoms with E-state index in [1.165, 1.54) is 11.1 Å². The van der Waals surface area contributed by atoms with E-state index in [9.17, 15) is 18.0 Å². The Morgan fingerprint density at radius 2 is 2.00 bits per heavy atom. The number of aryl methyl sites for hydroxylation is 1. The second-order valence-electron chi connectivity index (χ2n) is 14.2. The quantitative estimate of drug-likeness (QED) is 0.389. The molecule has 5 atom stereocenters. The molecular formula is C37H48ClN3O6S. The number of benzene rings is 2. The molecular weight excluding hydrogens is 650 g/mol. The summed E-state index contributed by atoms with van der Waals surface area (Å²) in [5.41, 5.74) is 3.32. The number of hydrogen-bond acceptors (Lipinski definition) is 7. The molecule has 2 aromatic carbocycles. The van der Waals surface area contributed by atoms with Gasteiger partial charge in [0.15, 0.2) is 0 Å². The number of anilines is 1. The molecule has 2 amide bonds. The Bertz CT molecular complexity index is 1660. The third kappa shape index (κ3) is 7.26. The molecule has 4 aliphatic rings. The summed E-state index contributed by atoms with van der Waals surface area (Å²) in [6.45, 7) is 4.06. The summed E-state index contributed by atoms with van der Waals surface area (Å²) >= 11 is 6.44. The van der Waals surface area contributed by atoms with E-state index < -0.39 is 21.2 Å². The van der Waals surface area contributed by atoms with E-state index in [0.29, 0.717) is 57.1 Å². The van der Waals surface area contributed by atoms with Gasteiger partial charge in [-0.05, 0) is 105 Å². The number of carbonyl (C=O) groups is 2. The average molecular weight is 698 g/mol. The van der Waals surface area contributed by atoms with Gasteiger partial charge in [0.1, 0.15) is 5.75 Å². The highest BCUT2D eigenvalue weighted by atomic mass is 35.5. The molecule has 2 heterocycles. The van der Waals surface area contributed by atoms with Crippen molar-refractivity contribution in [3.8, 4) is 5.75 Å². The summed E-state index contributed by atoms with van der Waals surface area (Å²) in [4.78, 5) is 29.8. The number of nitrogens with zero attached hydrogens (tertiary/aromatic N) is 2. The number of sulfonamides is 1. The van der Waals surface area contributed by atoms with Crippen molar-refractivity contribution < 1.29 is 27.5 Å². The van der Waals surface area contributed by atoms with E-state index >= 15 is 0 Å². The minimum atomic E-state index is -3.92. The van der Waals surface area contributed by atoms with Crippen LogP contribution in [0.1, 0.15) is 79.8 Å². The summed E-state index contributed by atoms with van der Waals surface area (Å²) in [7, 11) is -0.421. The van der Waals surface area contributed by atoms with Crippen molar-refractivity contribution in [2.75, 3.05) is 45.3 Å². The lowest BCUT2D eigenvalue weighted by Crippen LogP contribution is -2.49. The van der Waals surface area contributed by atoms with Gasteiger partial charge in [-0.15, -0.1) is 0 Å². The zero-order chi connectivity index (χ0) is 34.1. The molecule has 2 bridgehead atoms. The highest BCUT2D eigenvalue weighted by Crippen LogP contribution is 2.47. The molecule has 2 aliphatic carbocycles. The fourth-order valence-corrected chi connectivity index (χ4v) is 9.61. The van der Waals surface area contributed by atoms with E-state index in [1.54, 1.807) is 31.1 Å². The first-order valence-electron chi connectivity index (χ1n) is 17.3. The number of fused-ring (bicyclic) bond motifs is 4. The van der Waals surface area contributed by atoms with Crippen molar-refractivity contribution in [3.63, 3.8) is 0 Å². The third-order valence-electron chi connectivity index (χ3n) is 10.9. The van der Waals surface area contributed by atoms with Crippen LogP contribution in [0, 0.1) is 11.8 Å². The molecule has 0 radical (unpaired) electrons. The molecule has 1 spiro atoms. The van der Waals surface area contributed by atoms with Gasteiger partial charge in [-0.3, -0.25) is 9.59 Å². The number of nitrogens with one attached hydrogen (secondary N) is 1. The van der Waals surface area contributed by atoms with E-state index in [-0.39, 0.29) is 28.9 Å². The second-order valence-corrected chi connectivity index (χ2v) is 16.6. The average Bonchev–Trinajstić information content (AvgIpc) is 3.18. The maximum atomic E-state index is 13.5. The maximum absolute atomic E-state index is 13.5. The van der Waals surface area contributed by atoms with E-state index in [4.69, 9.17) is 21.1 Å². The predicted octanol–water partition coefficient (Wildman–Crippen LogP) is 5.89. The maximum Gasteiger partial charge on any atom is 0.264 e. The first kappa shape index (κ1) is 34.8. The van der Waals surface area contributed by atoms with Gasteiger partial charge < -0.3 is 19.3 Å². The van der Waals surface area contributed by atoms with Gasteiger partial charge >= 0.3 is 0 Å². The number of rotatable bonds is 5. The van der Waals surface area contributed by atoms with Gasteiger partial charge in [0.05, 0.1) is 36.7 Å². The van der Waals surface area contributed by atoms with Crippen LogP contribution in [0.3, 0.4) is 0 Å². The van der Waals surface area contributed by atoms with E-state index in [2.05, 4.69) is 27.8 Å². The summed E-state index contributed by atoms with van der Waals surface area (Å²) in [5, 5.41) is 0.0150. The normalized spacial score (nSPS) is 28.9. The smallest absolute Gasteiger partial charge is 0.264 e. The highest BCUT2D eigenvalue weighted by molar-refractivity contribution is 7.90. The molecule has 1 fully saturated rings. The van der Waals surface area contributed by atoms with Crippen LogP contribution in [-0.4, -0.2) is 76.9 Å². The Morgan fingerprint density at radius 3 is 2.75 bits per heavy atom. The Labute approximate surface area is 290 Å². The fraction of sp³-hybridized carbons (Fsp3) is 0.568. The fourth-order valence-electron chi connectivity index (χ4n) is 7.98. The minimum Gasteiger partial charge on any atom is -0.490 e. The van der Waals surface area contributed by atoms with Crippen LogP contribution < -0.4 is 14.4 Å². The zero-order valence-electron chi connectivity index (χ0n) is 28.3. The van der Waals surface area contributed by atoms with Gasteiger partial charge in [-0.1, -0.05) is 36.7 Å². The molecule has 9 nitrogen and oxygen atoms in total. The molecule has 2 aromatic rings. The number of hydrogen-bond donors (Lipinski definition) is 1. The van der Waals surface area contributed by atoms with Crippen LogP contribution in [0.15, 0.2) is 48.6 Å². The van der Waals surface area contributed by atoms with Crippen LogP contribution >= 0.6 is 11.6 Å². The molecule has 48 heavy (non-hydrogen) atoms. The largest absolute Gasteiger partial charge is 0.490 e. The standard InChI is InChI=1S/C37H48ClN3O6S/c1-4-29-9-5-6-10-33(46-19-17-35(42)40(2)3)30-14-11-27(30)22-41-23-37(18-7-8-25-20-28(38)13-15-31(25)37)24-47-34-16-12-26(21-32(34)41)36(43)39-48(29,44)45/h6,10,12-13,15-16,20-21,27,29-30,33H,4-5,7-9,11,14,17-19,22-24H2,1-3H3,(H,39,43)/b10-6-/t27-,29+,30+,33-,37-/m0/s1. The van der Waals surface area contributed by atoms with Crippen molar-refractivity contribution in [1.29, 1.82) is 0 Å². The summed E-state index contributed by atoms with van der Waals surface area (Å²) in [6.07, 6.45) is 10.5. The molecule has 0 saturated heterocycles. The zero-order valence-corrected chi connectivity index (χ0v) is 29.8. The predicted molar refractivity (Wildman–Crippen MR) is 188 cm³/mol. The summed E-state index contributed by atoms with van der Waals surface area (Å²) in [5.74, 6) is 0.631. The Morgan fingerprint density at radius 1 is 1.17 bits per heavy atom. The van der Waals surface area contributed by atoms with Gasteiger partial charge in [-0.2, -0.15) is 0 Å². The number of amides is 2. The highest BCUT2D eigenvalue weighted by Gasteiger charge is 2.44. The second kappa shape index (κ2) is 14.4. The lowest BCUT2D eigenvalue weighted by molar-refractivity contribution is -0.130. The number of halogens is 1. The third-order valence-corrected chi connectivity index (χ3v) is 13.0. The molecule has 1 saturated carbocycles. The van der Waals surface area contributed by atoms with Gasteiger partial charge in [0, 0.05) is 43.2 Å². The SMILES string of the molecule is CC[C@@H]1CC/C=C\[C@H](OCCC(=O)N(C)C)[C@@H]2CC[C@H]2CN2C[C@@]3(CCCc4cc(Cl)ccc43)COc3ccc(cc32)C(=O)NS1(=O)=O. The van der Waals surface area contributed by atoms with Gasteiger partial charge in [0.25, 0.3) is 5.91 Å². The molecule has 0 aromatic heterocycles. The van der Waals surface area contributed by atoms with Crippen LogP contribution in [0.4, 0.5) is 5.69 Å². The first-order chi connectivity index (χ1) is 23.0. The van der Waals surface area contributed by atoms with Crippen molar-refractivity contribution in [2.45, 2.75) is 81.5 Å². The van der Waals surface area contributed by atoms with E-state index in [0.717, 1.165) is 49.4 Å². The molecule has 6 rings (SSSR count). The van der Waals surface area contributed by atoms with Gasteiger partial charge in [0.2, 0.25) is 15.9 Å². The van der Waals surface area contributed by atoms with Gasteiger partial charge in [-0.25, -0.2) is 13.1 Å². The van der Waals surface area contributed by atoms with Crippen molar-refractivity contribution >= 4 is 39.1 Å². The Hall–Kier alpha value is -3.08. The molecule has 260 valence electrons. The van der Waals surface area contributed by atoms with Crippen molar-refractivity contribution in [3.05, 3.63) is 70.3 Å².